The molecule has 26 heavy (non-hydrogen) atoms. The Balaban J connectivity index is 2.38. The van der Waals surface area contributed by atoms with Crippen LogP contribution in [0.2, 0.25) is 0 Å². The number of guanidine groups is 1. The van der Waals surface area contributed by atoms with Gasteiger partial charge in [-0.15, -0.1) is 0 Å². The first-order valence-electron chi connectivity index (χ1n) is 9.13. The predicted molar refractivity (Wildman–Crippen MR) is 107 cm³/mol. The third-order valence-corrected chi connectivity index (χ3v) is 5.26. The molecule has 0 spiro atoms. The summed E-state index contributed by atoms with van der Waals surface area (Å²) in [5.41, 5.74) is 1.08. The van der Waals surface area contributed by atoms with E-state index in [1.165, 1.54) is 6.26 Å². The van der Waals surface area contributed by atoms with Crippen LogP contribution in [0.5, 0.6) is 0 Å². The zero-order valence-electron chi connectivity index (χ0n) is 16.6. The molecule has 1 unspecified atom stereocenters. The van der Waals surface area contributed by atoms with Crippen LogP contribution in [0, 0.1) is 5.92 Å². The average Bonchev–Trinajstić information content (AvgIpc) is 2.59. The summed E-state index contributed by atoms with van der Waals surface area (Å²) in [4.78, 5) is 4.58. The highest BCUT2D eigenvalue weighted by Crippen LogP contribution is 2.11. The van der Waals surface area contributed by atoms with Crippen molar-refractivity contribution in [1.82, 2.24) is 10.6 Å². The molecule has 0 fully saturated rings. The molecule has 1 aromatic carbocycles. The first-order chi connectivity index (χ1) is 12.3. The number of hydrogen-bond donors (Lipinski definition) is 2. The summed E-state index contributed by atoms with van der Waals surface area (Å²) in [5, 5.41) is 6.59. The predicted octanol–water partition coefficient (Wildman–Crippen LogP) is 2.25. The fourth-order valence-electron chi connectivity index (χ4n) is 2.61. The van der Waals surface area contributed by atoms with Crippen molar-refractivity contribution in [1.29, 1.82) is 0 Å². The Bertz CT molecular complexity index is 655. The van der Waals surface area contributed by atoms with E-state index in [4.69, 9.17) is 4.74 Å². The molecule has 2 N–H and O–H groups in total. The number of hydrogen-bond acceptors (Lipinski definition) is 4. The Morgan fingerprint density at radius 3 is 2.27 bits per heavy atom. The van der Waals surface area contributed by atoms with Crippen LogP contribution in [0.3, 0.4) is 0 Å². The fraction of sp³-hybridized carbons (Fsp3) is 0.632. The zero-order chi connectivity index (χ0) is 19.6. The van der Waals surface area contributed by atoms with Gasteiger partial charge in [0.25, 0.3) is 0 Å². The van der Waals surface area contributed by atoms with Gasteiger partial charge in [-0.25, -0.2) is 8.42 Å². The largest absolute Gasteiger partial charge is 0.378 e. The van der Waals surface area contributed by atoms with Crippen LogP contribution in [-0.4, -0.2) is 53.5 Å². The van der Waals surface area contributed by atoms with Gasteiger partial charge in [-0.2, -0.15) is 0 Å². The lowest BCUT2D eigenvalue weighted by Gasteiger charge is -2.21. The fourth-order valence-corrected chi connectivity index (χ4v) is 3.24. The van der Waals surface area contributed by atoms with E-state index in [9.17, 15) is 8.42 Å². The van der Waals surface area contributed by atoms with Crippen molar-refractivity contribution in [2.75, 3.05) is 33.0 Å². The van der Waals surface area contributed by atoms with E-state index in [0.29, 0.717) is 10.8 Å². The molecule has 1 aromatic rings. The molecule has 0 aliphatic heterocycles. The summed E-state index contributed by atoms with van der Waals surface area (Å²) >= 11 is 0. The number of aliphatic imine (C=N–C) groups is 1. The number of sulfone groups is 1. The van der Waals surface area contributed by atoms with Crippen molar-refractivity contribution in [2.45, 2.75) is 44.6 Å². The molecule has 0 radical (unpaired) electrons. The van der Waals surface area contributed by atoms with E-state index in [-0.39, 0.29) is 6.10 Å². The number of rotatable bonds is 10. The third kappa shape index (κ3) is 8.19. The van der Waals surface area contributed by atoms with E-state index in [1.54, 1.807) is 19.2 Å². The quantitative estimate of drug-likeness (QED) is 0.478. The van der Waals surface area contributed by atoms with Crippen molar-refractivity contribution in [2.24, 2.45) is 10.9 Å². The van der Waals surface area contributed by atoms with Gasteiger partial charge in [-0.1, -0.05) is 26.0 Å². The van der Waals surface area contributed by atoms with Crippen molar-refractivity contribution in [3.63, 3.8) is 0 Å². The summed E-state index contributed by atoms with van der Waals surface area (Å²) in [6, 6.07) is 7.00. The summed E-state index contributed by atoms with van der Waals surface area (Å²) < 4.78 is 28.7. The lowest BCUT2D eigenvalue weighted by molar-refractivity contribution is 0.0258. The van der Waals surface area contributed by atoms with Crippen LogP contribution in [-0.2, 0) is 21.0 Å². The molecule has 0 aliphatic rings. The van der Waals surface area contributed by atoms with Crippen LogP contribution in [0.25, 0.3) is 0 Å². The molecule has 0 saturated carbocycles. The first-order valence-corrected chi connectivity index (χ1v) is 11.0. The lowest BCUT2D eigenvalue weighted by atomic mass is 10.0. The Kier molecular flexibility index (Phi) is 9.65. The van der Waals surface area contributed by atoms with Gasteiger partial charge < -0.3 is 15.4 Å². The van der Waals surface area contributed by atoms with Crippen molar-refractivity contribution in [3.05, 3.63) is 29.8 Å². The Hall–Kier alpha value is -1.60. The van der Waals surface area contributed by atoms with Crippen LogP contribution in [0.4, 0.5) is 0 Å². The average molecular weight is 384 g/mol. The minimum atomic E-state index is -3.14. The van der Waals surface area contributed by atoms with Gasteiger partial charge in [-0.3, -0.25) is 4.99 Å². The lowest BCUT2D eigenvalue weighted by Crippen LogP contribution is -2.40. The minimum absolute atomic E-state index is 0.249. The zero-order valence-corrected chi connectivity index (χ0v) is 17.4. The Labute approximate surface area is 158 Å². The van der Waals surface area contributed by atoms with E-state index in [2.05, 4.69) is 29.5 Å². The van der Waals surface area contributed by atoms with Gasteiger partial charge in [0, 0.05) is 33.0 Å². The minimum Gasteiger partial charge on any atom is -0.378 e. The molecule has 7 heteroatoms. The highest BCUT2D eigenvalue weighted by Gasteiger charge is 2.13. The number of benzene rings is 1. The van der Waals surface area contributed by atoms with E-state index >= 15 is 0 Å². The highest BCUT2D eigenvalue weighted by atomic mass is 32.2. The molecule has 0 bridgehead atoms. The molecule has 0 saturated heterocycles. The van der Waals surface area contributed by atoms with E-state index < -0.39 is 9.84 Å². The number of ether oxygens (including phenoxy) is 1. The molecular weight excluding hydrogens is 350 g/mol. The monoisotopic (exact) mass is 383 g/mol. The number of nitrogens with zero attached hydrogens (tertiary/aromatic N) is 1. The van der Waals surface area contributed by atoms with Crippen LogP contribution >= 0.6 is 0 Å². The van der Waals surface area contributed by atoms with Gasteiger partial charge >= 0.3 is 0 Å². The molecule has 0 aromatic heterocycles. The van der Waals surface area contributed by atoms with Crippen molar-refractivity contribution in [3.8, 4) is 0 Å². The van der Waals surface area contributed by atoms with E-state index in [0.717, 1.165) is 44.1 Å². The molecule has 148 valence electrons. The maximum atomic E-state index is 11.5. The topological polar surface area (TPSA) is 79.8 Å². The third-order valence-electron chi connectivity index (χ3n) is 4.13. The molecule has 1 atom stereocenters. The molecule has 0 aliphatic carbocycles. The second-order valence-electron chi connectivity index (χ2n) is 6.62. The summed E-state index contributed by atoms with van der Waals surface area (Å²) in [6.45, 7) is 8.60. The maximum absolute atomic E-state index is 11.5. The van der Waals surface area contributed by atoms with Gasteiger partial charge in [0.15, 0.2) is 15.8 Å². The first kappa shape index (κ1) is 22.4. The van der Waals surface area contributed by atoms with Gasteiger partial charge in [0.05, 0.1) is 11.0 Å². The van der Waals surface area contributed by atoms with Crippen molar-refractivity contribution >= 4 is 15.8 Å². The highest BCUT2D eigenvalue weighted by molar-refractivity contribution is 7.90. The number of nitrogens with one attached hydrogen (secondary N) is 2. The maximum Gasteiger partial charge on any atom is 0.190 e. The molecule has 6 nitrogen and oxygen atoms in total. The van der Waals surface area contributed by atoms with Gasteiger partial charge in [0.1, 0.15) is 0 Å². The summed E-state index contributed by atoms with van der Waals surface area (Å²) in [5.74, 6) is 1.25. The van der Waals surface area contributed by atoms with E-state index in [1.807, 2.05) is 19.1 Å². The van der Waals surface area contributed by atoms with Gasteiger partial charge in [-0.05, 0) is 43.4 Å². The second-order valence-corrected chi connectivity index (χ2v) is 8.63. The Morgan fingerprint density at radius 2 is 1.77 bits per heavy atom. The normalized spacial score (nSPS) is 13.7. The van der Waals surface area contributed by atoms with Crippen LogP contribution in [0.1, 0.15) is 32.8 Å². The van der Waals surface area contributed by atoms with Crippen molar-refractivity contribution < 1.29 is 13.2 Å². The van der Waals surface area contributed by atoms with Crippen LogP contribution < -0.4 is 10.6 Å². The summed E-state index contributed by atoms with van der Waals surface area (Å²) in [6.07, 6.45) is 3.19. The SMILES string of the molecule is CCOC(CCNC(=NC)NCCc1ccc(S(C)(=O)=O)cc1)C(C)C. The molecule has 0 heterocycles. The molecular formula is C19H33N3O3S. The standard InChI is InChI=1S/C19H33N3O3S/c1-6-25-18(15(2)3)12-14-22-19(20-4)21-13-11-16-7-9-17(10-8-16)26(5,23)24/h7-10,15,18H,6,11-14H2,1-5H3,(H2,20,21,22). The Morgan fingerprint density at radius 1 is 1.15 bits per heavy atom. The molecule has 0 amide bonds. The summed E-state index contributed by atoms with van der Waals surface area (Å²) in [7, 11) is -1.39. The van der Waals surface area contributed by atoms with Gasteiger partial charge in [0.2, 0.25) is 0 Å². The van der Waals surface area contributed by atoms with Crippen LogP contribution in [0.15, 0.2) is 34.2 Å². The smallest absolute Gasteiger partial charge is 0.190 e. The second kappa shape index (κ2) is 11.2. The molecule has 1 rings (SSSR count).